The number of pyridine rings is 1. The van der Waals surface area contributed by atoms with Gasteiger partial charge in [0.1, 0.15) is 40.9 Å². The summed E-state index contributed by atoms with van der Waals surface area (Å²) in [5.41, 5.74) is 8.99. The number of fused-ring (bicyclic) bond motifs is 1. The van der Waals surface area contributed by atoms with Gasteiger partial charge in [-0.2, -0.15) is 0 Å². The maximum atomic E-state index is 14.1. The van der Waals surface area contributed by atoms with Crippen molar-refractivity contribution < 1.29 is 12.8 Å². The molecule has 0 fully saturated rings. The minimum atomic E-state index is -3.42. The second kappa shape index (κ2) is 12.2. The lowest BCUT2D eigenvalue weighted by Gasteiger charge is -2.22. The molecule has 0 aliphatic carbocycles. The average molecular weight is 613 g/mol. The topological polar surface area (TPSA) is 149 Å². The minimum absolute atomic E-state index is 0.117. The predicted molar refractivity (Wildman–Crippen MR) is 167 cm³/mol. The van der Waals surface area contributed by atoms with E-state index in [1.165, 1.54) is 34.4 Å². The fourth-order valence-electron chi connectivity index (χ4n) is 4.60. The predicted octanol–water partition coefficient (Wildman–Crippen LogP) is 3.56. The van der Waals surface area contributed by atoms with Gasteiger partial charge in [0.2, 0.25) is 10.0 Å². The maximum Gasteiger partial charge on any atom is 0.266 e. The van der Waals surface area contributed by atoms with Crippen molar-refractivity contribution in [3.63, 3.8) is 0 Å². The van der Waals surface area contributed by atoms with Crippen LogP contribution in [0.5, 0.6) is 0 Å². The van der Waals surface area contributed by atoms with Crippen molar-refractivity contribution in [2.45, 2.75) is 26.4 Å². The number of anilines is 2. The first-order chi connectivity index (χ1) is 20.9. The molecule has 5 aromatic rings. The zero-order chi connectivity index (χ0) is 31.6. The van der Waals surface area contributed by atoms with Crippen molar-refractivity contribution in [2.24, 2.45) is 0 Å². The van der Waals surface area contributed by atoms with Gasteiger partial charge >= 0.3 is 0 Å². The number of hydrogen-bond acceptors (Lipinski definition) is 9. The van der Waals surface area contributed by atoms with E-state index in [1.807, 2.05) is 26.0 Å². The molecule has 0 aliphatic rings. The number of benzene rings is 2. The largest absolute Gasteiger partial charge is 0.382 e. The normalized spacial score (nSPS) is 12.1. The smallest absolute Gasteiger partial charge is 0.266 e. The van der Waals surface area contributed by atoms with Crippen LogP contribution < -0.4 is 16.6 Å². The first-order valence-corrected chi connectivity index (χ1v) is 15.3. The molecule has 3 N–H and O–H groups in total. The highest BCUT2D eigenvalue weighted by molar-refractivity contribution is 7.88. The molecule has 2 aromatic carbocycles. The van der Waals surface area contributed by atoms with Gasteiger partial charge in [-0.25, -0.2) is 37.0 Å². The molecular formula is C31H29FN8O3S. The molecule has 0 saturated heterocycles. The van der Waals surface area contributed by atoms with E-state index in [0.717, 1.165) is 18.0 Å². The van der Waals surface area contributed by atoms with Crippen LogP contribution in [-0.2, 0) is 16.6 Å². The van der Waals surface area contributed by atoms with Crippen molar-refractivity contribution in [1.29, 1.82) is 0 Å². The van der Waals surface area contributed by atoms with E-state index in [9.17, 15) is 17.6 Å². The quantitative estimate of drug-likeness (QED) is 0.263. The molecular weight excluding hydrogens is 583 g/mol. The summed E-state index contributed by atoms with van der Waals surface area (Å²) >= 11 is 0. The van der Waals surface area contributed by atoms with Crippen LogP contribution in [0.15, 0.2) is 71.9 Å². The average Bonchev–Trinajstić information content (AvgIpc) is 2.97. The second-order valence-electron chi connectivity index (χ2n) is 10.2. The Morgan fingerprint density at radius 3 is 2.59 bits per heavy atom. The fourth-order valence-corrected chi connectivity index (χ4v) is 4.98. The SMILES string of the molecule is Cc1cccc2nc([C@H](C)Nc3ncnc(N)c3C#Cc3ccc(F)cn3)n(-c3cccc(CN(C)S(C)(=O)=O)c3)c(=O)c12. The highest BCUT2D eigenvalue weighted by atomic mass is 32.2. The van der Waals surface area contributed by atoms with Crippen LogP contribution in [-0.4, -0.2) is 50.5 Å². The minimum Gasteiger partial charge on any atom is -0.382 e. The third-order valence-electron chi connectivity index (χ3n) is 6.93. The number of sulfonamides is 1. The third kappa shape index (κ3) is 6.41. The number of aromatic nitrogens is 5. The molecule has 0 saturated carbocycles. The summed E-state index contributed by atoms with van der Waals surface area (Å²) in [5.74, 6) is 6.07. The van der Waals surface area contributed by atoms with Crippen LogP contribution in [0.3, 0.4) is 0 Å². The van der Waals surface area contributed by atoms with Crippen molar-refractivity contribution in [1.82, 2.24) is 28.8 Å². The van der Waals surface area contributed by atoms with Crippen molar-refractivity contribution in [3.05, 3.63) is 112 Å². The van der Waals surface area contributed by atoms with Crippen LogP contribution in [0.1, 0.15) is 41.2 Å². The molecule has 3 aromatic heterocycles. The van der Waals surface area contributed by atoms with Gasteiger partial charge in [-0.3, -0.25) is 9.36 Å². The maximum absolute atomic E-state index is 14.1. The molecule has 224 valence electrons. The number of aryl methyl sites for hydroxylation is 1. The van der Waals surface area contributed by atoms with Gasteiger partial charge in [-0.1, -0.05) is 30.2 Å². The molecule has 0 aliphatic heterocycles. The second-order valence-corrected chi connectivity index (χ2v) is 12.3. The summed E-state index contributed by atoms with van der Waals surface area (Å²) in [6, 6.07) is 14.6. The zero-order valence-electron chi connectivity index (χ0n) is 24.4. The van der Waals surface area contributed by atoms with Gasteiger partial charge in [0, 0.05) is 13.6 Å². The number of nitrogens with zero attached hydrogens (tertiary/aromatic N) is 6. The fraction of sp³-hybridized carbons (Fsp3) is 0.194. The van der Waals surface area contributed by atoms with E-state index >= 15 is 0 Å². The van der Waals surface area contributed by atoms with E-state index in [-0.39, 0.29) is 17.9 Å². The number of nitrogen functional groups attached to an aromatic ring is 1. The number of nitrogens with two attached hydrogens (primary N) is 1. The standard InChI is InChI=1S/C31H29FN8O3S/c1-19-7-5-10-26-27(19)31(41)40(24-9-6-8-21(15-24)17-39(3)44(4,42)43)30(38-26)20(2)37-29-25(28(33)35-18-36-29)14-13-23-12-11-22(32)16-34-23/h5-12,15-16,18,20H,17H2,1-4H3,(H3,33,35,36,37)/t20-/m0/s1. The van der Waals surface area contributed by atoms with Crippen LogP contribution >= 0.6 is 0 Å². The molecule has 0 amide bonds. The highest BCUT2D eigenvalue weighted by Gasteiger charge is 2.21. The Morgan fingerprint density at radius 1 is 1.09 bits per heavy atom. The molecule has 3 heterocycles. The van der Waals surface area contributed by atoms with E-state index in [0.29, 0.717) is 45.1 Å². The summed E-state index contributed by atoms with van der Waals surface area (Å²) in [4.78, 5) is 31.4. The molecule has 11 nitrogen and oxygen atoms in total. The van der Waals surface area contributed by atoms with Crippen LogP contribution in [0.2, 0.25) is 0 Å². The van der Waals surface area contributed by atoms with Gasteiger partial charge in [-0.15, -0.1) is 0 Å². The lowest BCUT2D eigenvalue weighted by atomic mass is 10.1. The molecule has 5 rings (SSSR count). The van der Waals surface area contributed by atoms with Gasteiger partial charge in [0.25, 0.3) is 5.56 Å². The van der Waals surface area contributed by atoms with Crippen molar-refractivity contribution in [2.75, 3.05) is 24.4 Å². The molecule has 1 atom stereocenters. The molecule has 13 heteroatoms. The van der Waals surface area contributed by atoms with Crippen LogP contribution in [0.25, 0.3) is 16.6 Å². The summed E-state index contributed by atoms with van der Waals surface area (Å²) < 4.78 is 40.1. The van der Waals surface area contributed by atoms with Gasteiger partial charge in [0.15, 0.2) is 0 Å². The van der Waals surface area contributed by atoms with Crippen molar-refractivity contribution >= 4 is 32.6 Å². The molecule has 0 unspecified atom stereocenters. The monoisotopic (exact) mass is 612 g/mol. The Balaban J connectivity index is 1.61. The van der Waals surface area contributed by atoms with Crippen molar-refractivity contribution in [3.8, 4) is 17.5 Å². The van der Waals surface area contributed by atoms with E-state index in [4.69, 9.17) is 10.7 Å². The highest BCUT2D eigenvalue weighted by Crippen LogP contribution is 2.25. The van der Waals surface area contributed by atoms with E-state index in [2.05, 4.69) is 32.1 Å². The van der Waals surface area contributed by atoms with E-state index in [1.54, 1.807) is 30.3 Å². The number of nitrogens with one attached hydrogen (secondary N) is 1. The summed E-state index contributed by atoms with van der Waals surface area (Å²) in [7, 11) is -1.93. The van der Waals surface area contributed by atoms with Crippen LogP contribution in [0, 0.1) is 24.6 Å². The van der Waals surface area contributed by atoms with Gasteiger partial charge < -0.3 is 11.1 Å². The Labute approximate surface area is 253 Å². The Kier molecular flexibility index (Phi) is 8.39. The number of halogens is 1. The lowest BCUT2D eigenvalue weighted by molar-refractivity contribution is 0.472. The number of hydrogen-bond donors (Lipinski definition) is 2. The number of rotatable bonds is 7. The van der Waals surface area contributed by atoms with Gasteiger partial charge in [0.05, 0.1) is 35.1 Å². The molecule has 0 bridgehead atoms. The first-order valence-electron chi connectivity index (χ1n) is 13.5. The molecule has 0 radical (unpaired) electrons. The third-order valence-corrected chi connectivity index (χ3v) is 8.19. The van der Waals surface area contributed by atoms with E-state index < -0.39 is 21.9 Å². The molecule has 0 spiro atoms. The van der Waals surface area contributed by atoms with Crippen LogP contribution in [0.4, 0.5) is 16.0 Å². The Bertz CT molecular complexity index is 2110. The first kappa shape index (κ1) is 30.3. The zero-order valence-corrected chi connectivity index (χ0v) is 25.2. The van der Waals surface area contributed by atoms with Gasteiger partial charge in [-0.05, 0) is 61.2 Å². The summed E-state index contributed by atoms with van der Waals surface area (Å²) in [6.07, 6.45) is 3.49. The lowest BCUT2D eigenvalue weighted by Crippen LogP contribution is -2.28. The Morgan fingerprint density at radius 2 is 1.86 bits per heavy atom. The summed E-state index contributed by atoms with van der Waals surface area (Å²) in [6.45, 7) is 3.78. The summed E-state index contributed by atoms with van der Waals surface area (Å²) in [5, 5.41) is 3.74. The Hall–Kier alpha value is -5.19. The molecule has 44 heavy (non-hydrogen) atoms.